The number of esters is 1. The maximum Gasteiger partial charge on any atom is 0.407 e. The smallest absolute Gasteiger partial charge is 0.407 e. The number of aliphatic hydroxyl groups is 13. The summed E-state index contributed by atoms with van der Waals surface area (Å²) in [7, 11) is 0. The van der Waals surface area contributed by atoms with Crippen LogP contribution in [0.15, 0.2) is 103 Å². The average Bonchev–Trinajstić information content (AvgIpc) is 0.837. The maximum atomic E-state index is 13.4. The standard InChI is InChI=1S/C63H91N3O27/c1-33-18-16-14-12-10-8-6-7-9-11-13-15-17-19-42(28-48-51(59(81)82)46(74)30-63(84,93-48)29-41(71)26-45(73)44(72)22-21-39(69)25-40(70)27-50(75)88-35(3)34(2)54(33)76)90-61-58(80)52(55(77)36(4)89-61)65-62(83)87-32-38-20-23-47(43(24-38)66(85)86)91-60-53(64-37(5)68)57(79)56(78)49(31-67)92-60/h6-20,23-24,33-36,39-42,44-46,48-49,51-58,60-61,67,69-74,76-80,84H,21-22,25-32H2,1-5H3,(H,64,68)(H,65,83)(H,81,82)/b7-6+,10-8+,11-9+,14-12+,15-13+,18-16+,19-17+/t33-,34-,35-,36+,39+,40+,41-,42-,44+,45+,46-,48-,49+,51+,52-,53+,54+,55+,56+,57+,58-,60+,61-,63+/m0/s1. The first-order chi connectivity index (χ1) is 43.9. The lowest BCUT2D eigenvalue weighted by molar-refractivity contribution is -0.386. The summed E-state index contributed by atoms with van der Waals surface area (Å²) < 4.78 is 40.1. The van der Waals surface area contributed by atoms with Crippen molar-refractivity contribution in [2.75, 3.05) is 6.61 Å². The zero-order chi connectivity index (χ0) is 68.9. The number of carboxylic acids is 1. The van der Waals surface area contributed by atoms with E-state index in [1.165, 1.54) is 25.1 Å². The van der Waals surface area contributed by atoms with Crippen molar-refractivity contribution in [1.82, 2.24) is 10.6 Å². The van der Waals surface area contributed by atoms with Crippen LogP contribution in [0, 0.1) is 27.9 Å². The highest BCUT2D eigenvalue weighted by molar-refractivity contribution is 5.73. The number of alkyl carbamates (subject to hydrolysis) is 1. The number of nitro groups is 1. The van der Waals surface area contributed by atoms with Crippen LogP contribution in [0.25, 0.3) is 0 Å². The van der Waals surface area contributed by atoms with Gasteiger partial charge < -0.3 is 115 Å². The monoisotopic (exact) mass is 1320 g/mol. The number of amides is 2. The van der Waals surface area contributed by atoms with Gasteiger partial charge in [-0.1, -0.05) is 105 Å². The Morgan fingerprint density at radius 2 is 1.30 bits per heavy atom. The number of hydrogen-bond acceptors (Lipinski definition) is 26. The fraction of sp³-hybridized carbons (Fsp3) is 0.619. The minimum absolute atomic E-state index is 0.00949. The van der Waals surface area contributed by atoms with Crippen molar-refractivity contribution >= 4 is 29.6 Å². The van der Waals surface area contributed by atoms with Gasteiger partial charge in [-0.25, -0.2) is 4.79 Å². The second-order valence-corrected chi connectivity index (χ2v) is 23.8. The number of carboxylic acid groups (broad SMARTS) is 1. The Labute approximate surface area is 537 Å². The van der Waals surface area contributed by atoms with Crippen LogP contribution in [0.2, 0.25) is 0 Å². The van der Waals surface area contributed by atoms with Crippen molar-refractivity contribution in [2.24, 2.45) is 17.8 Å². The van der Waals surface area contributed by atoms with Gasteiger partial charge in [-0.3, -0.25) is 24.5 Å². The molecule has 0 saturated carbocycles. The van der Waals surface area contributed by atoms with Gasteiger partial charge >= 0.3 is 23.7 Å². The Hall–Kier alpha value is -6.40. The normalized spacial score (nSPS) is 40.1. The molecule has 5 rings (SSSR count). The number of hydrogen-bond donors (Lipinski definition) is 16. The molecule has 0 spiro atoms. The fourth-order valence-corrected chi connectivity index (χ4v) is 11.0. The summed E-state index contributed by atoms with van der Waals surface area (Å²) >= 11 is 0. The van der Waals surface area contributed by atoms with Gasteiger partial charge in [0.05, 0.1) is 85.0 Å². The lowest BCUT2D eigenvalue weighted by Gasteiger charge is -2.45. The van der Waals surface area contributed by atoms with Gasteiger partial charge in [0.25, 0.3) is 0 Å². The van der Waals surface area contributed by atoms with E-state index in [-0.39, 0.29) is 30.7 Å². The van der Waals surface area contributed by atoms with Crippen LogP contribution in [-0.2, 0) is 49.4 Å². The summed E-state index contributed by atoms with van der Waals surface area (Å²) in [6.07, 6.45) is -8.69. The van der Waals surface area contributed by atoms with E-state index in [0.717, 1.165) is 19.1 Å². The summed E-state index contributed by atoms with van der Waals surface area (Å²) in [5.41, 5.74) is -0.698. The van der Waals surface area contributed by atoms with Gasteiger partial charge in [0.15, 0.2) is 17.8 Å². The van der Waals surface area contributed by atoms with E-state index < -0.39 is 226 Å². The highest BCUT2D eigenvalue weighted by Crippen LogP contribution is 2.39. The summed E-state index contributed by atoms with van der Waals surface area (Å²) in [5, 5.41) is 169. The maximum absolute atomic E-state index is 13.4. The molecule has 93 heavy (non-hydrogen) atoms. The second-order valence-electron chi connectivity index (χ2n) is 23.8. The van der Waals surface area contributed by atoms with Crippen LogP contribution in [0.5, 0.6) is 5.75 Å². The third-order valence-corrected chi connectivity index (χ3v) is 16.3. The number of carbonyl (C=O) groups excluding carboxylic acids is 3. The number of fused-ring (bicyclic) bond motifs is 2. The number of nitro benzene ring substituents is 1. The number of nitrogens with one attached hydrogen (secondary N) is 2. The topological polar surface area (TPSA) is 483 Å². The van der Waals surface area contributed by atoms with Crippen molar-refractivity contribution in [2.45, 2.75) is 221 Å². The number of aliphatic hydroxyl groups excluding tert-OH is 12. The average molecular weight is 1320 g/mol. The molecule has 1 aromatic carbocycles. The molecule has 1 aromatic rings. The van der Waals surface area contributed by atoms with Gasteiger partial charge in [0.1, 0.15) is 55.2 Å². The summed E-state index contributed by atoms with van der Waals surface area (Å²) in [4.78, 5) is 62.3. The zero-order valence-electron chi connectivity index (χ0n) is 52.2. The molecule has 3 saturated heterocycles. The second kappa shape index (κ2) is 37.0. The molecule has 4 aliphatic heterocycles. The molecule has 0 aliphatic carbocycles. The molecule has 4 heterocycles. The molecule has 3 fully saturated rings. The Morgan fingerprint density at radius 1 is 0.677 bits per heavy atom. The summed E-state index contributed by atoms with van der Waals surface area (Å²) in [6, 6.07) is 0.231. The number of rotatable bonds is 11. The van der Waals surface area contributed by atoms with E-state index in [0.29, 0.717) is 0 Å². The third kappa shape index (κ3) is 23.8. The first kappa shape index (κ1) is 77.3. The van der Waals surface area contributed by atoms with Gasteiger partial charge in [0, 0.05) is 50.5 Å². The largest absolute Gasteiger partial charge is 0.481 e. The van der Waals surface area contributed by atoms with E-state index in [4.69, 9.17) is 33.2 Å². The Bertz CT molecular complexity index is 2800. The van der Waals surface area contributed by atoms with Crippen LogP contribution < -0.4 is 15.4 Å². The number of benzene rings is 1. The van der Waals surface area contributed by atoms with Crippen molar-refractivity contribution in [3.63, 3.8) is 0 Å². The van der Waals surface area contributed by atoms with E-state index in [1.807, 2.05) is 0 Å². The number of nitrogens with zero attached hydrogens (tertiary/aromatic N) is 1. The summed E-state index contributed by atoms with van der Waals surface area (Å²) in [6.45, 7) is 6.15. The molecule has 16 N–H and O–H groups in total. The number of allylic oxidation sites excluding steroid dienone is 12. The lowest BCUT2D eigenvalue weighted by atomic mass is 9.82. The van der Waals surface area contributed by atoms with Gasteiger partial charge in [-0.15, -0.1) is 0 Å². The predicted octanol–water partition coefficient (Wildman–Crippen LogP) is -0.0899. The Morgan fingerprint density at radius 3 is 1.90 bits per heavy atom. The van der Waals surface area contributed by atoms with Crippen molar-refractivity contribution in [3.8, 4) is 5.75 Å². The minimum Gasteiger partial charge on any atom is -0.481 e. The molecule has 30 heteroatoms. The van der Waals surface area contributed by atoms with E-state index in [2.05, 4.69) is 10.6 Å². The molecule has 2 amide bonds. The molecule has 4 aliphatic rings. The predicted molar refractivity (Wildman–Crippen MR) is 325 cm³/mol. The fourth-order valence-electron chi connectivity index (χ4n) is 11.0. The van der Waals surface area contributed by atoms with Crippen molar-refractivity contribution < 1.29 is 129 Å². The van der Waals surface area contributed by atoms with Crippen LogP contribution in [0.4, 0.5) is 10.5 Å². The van der Waals surface area contributed by atoms with Gasteiger partial charge in [-0.2, -0.15) is 0 Å². The van der Waals surface area contributed by atoms with Crippen molar-refractivity contribution in [1.29, 1.82) is 0 Å². The molecule has 0 aromatic heterocycles. The highest BCUT2D eigenvalue weighted by atomic mass is 16.7. The molecule has 0 unspecified atom stereocenters. The molecular formula is C63H91N3O27. The van der Waals surface area contributed by atoms with Gasteiger partial charge in [-0.05, 0) is 44.7 Å². The van der Waals surface area contributed by atoms with Crippen molar-refractivity contribution in [3.05, 3.63) is 119 Å². The third-order valence-electron chi connectivity index (χ3n) is 16.3. The number of carbonyl (C=O) groups is 4. The first-order valence-corrected chi connectivity index (χ1v) is 30.6. The minimum atomic E-state index is -2.48. The SMILES string of the molecule is CC(=O)N[C@H]1[C@H](Oc2ccc(COC(=O)N[C@@H]3[C@H](O)[C@H](O[C@H]4/C=C/C=C/C=C/C=C/C=C/C=C/C=C/[C@H](C)[C@@H](O)[C@@H](C)[C@H](C)OC(=O)C[C@H](O)C[C@H](O)CC[C@@H](O)[C@H](O)C[C@H](O)C[C@]5(O)C[C@H](O)[C@@H](C(=O)O)[C@H](C4)O5)O[C@H](C)[C@H]3O)cc2[N+](=O)[O-])O[C@H](CO)[C@@H](O)[C@@H]1O. The number of cyclic esters (lactones) is 1. The first-order valence-electron chi connectivity index (χ1n) is 30.6. The molecule has 30 nitrogen and oxygen atoms in total. The molecular weight excluding hydrogens is 1230 g/mol. The number of ether oxygens (including phenoxy) is 7. The van der Waals surface area contributed by atoms with Crippen LogP contribution in [0.3, 0.4) is 0 Å². The van der Waals surface area contributed by atoms with E-state index in [1.54, 1.807) is 93.7 Å². The highest BCUT2D eigenvalue weighted by Gasteiger charge is 2.52. The Kier molecular flexibility index (Phi) is 30.8. The van der Waals surface area contributed by atoms with Crippen LogP contribution in [-0.4, -0.2) is 235 Å². The molecule has 0 radical (unpaired) electrons. The number of aliphatic carboxylic acids is 1. The summed E-state index contributed by atoms with van der Waals surface area (Å²) in [5.74, 6) is -8.55. The molecule has 2 bridgehead atoms. The van der Waals surface area contributed by atoms with Crippen LogP contribution in [0.1, 0.15) is 91.5 Å². The zero-order valence-corrected chi connectivity index (χ0v) is 52.2. The Balaban J connectivity index is 1.35. The lowest BCUT2D eigenvalue weighted by Crippen LogP contribution is -2.65. The molecule has 24 atom stereocenters. The quantitative estimate of drug-likeness (QED) is 0.0782. The van der Waals surface area contributed by atoms with Crippen LogP contribution >= 0.6 is 0 Å². The molecule has 520 valence electrons. The van der Waals surface area contributed by atoms with E-state index in [9.17, 15) is 101 Å². The van der Waals surface area contributed by atoms with E-state index >= 15 is 0 Å². The van der Waals surface area contributed by atoms with Gasteiger partial charge in [0.2, 0.25) is 12.2 Å².